The van der Waals surface area contributed by atoms with Gasteiger partial charge in [-0.05, 0) is 34.7 Å². The van der Waals surface area contributed by atoms with Crippen LogP contribution < -0.4 is 0 Å². The molecule has 5 aromatic rings. The fraction of sp³-hybridized carbons (Fsp3) is 0.125. The quantitative estimate of drug-likeness (QED) is 0.270. The van der Waals surface area contributed by atoms with E-state index in [1.807, 2.05) is 26.0 Å². The predicted octanol–water partition coefficient (Wildman–Crippen LogP) is 9.54. The molecule has 1 nitrogen and oxygen atoms in total. The third kappa shape index (κ3) is 4.83. The van der Waals surface area contributed by atoms with Gasteiger partial charge < -0.3 is 4.42 Å². The summed E-state index contributed by atoms with van der Waals surface area (Å²) in [6.45, 7) is 6.19. The molecule has 164 valence electrons. The first kappa shape index (κ1) is 22.4. The molecule has 0 unspecified atom stereocenters. The van der Waals surface area contributed by atoms with Crippen molar-refractivity contribution >= 4 is 0 Å². The lowest BCUT2D eigenvalue weighted by Gasteiger charge is -2.09. The van der Waals surface area contributed by atoms with Crippen molar-refractivity contribution in [2.45, 2.75) is 27.2 Å². The molecule has 1 aromatic heterocycles. The van der Waals surface area contributed by atoms with Crippen LogP contribution in [0.15, 0.2) is 120 Å². The van der Waals surface area contributed by atoms with Crippen LogP contribution in [-0.4, -0.2) is 0 Å². The van der Waals surface area contributed by atoms with E-state index in [4.69, 9.17) is 4.42 Å². The van der Waals surface area contributed by atoms with Crippen molar-refractivity contribution in [2.75, 3.05) is 0 Å². The van der Waals surface area contributed by atoms with Gasteiger partial charge in [0.05, 0.1) is 0 Å². The first-order valence-corrected chi connectivity index (χ1v) is 11.8. The molecular formula is C32H30O. The minimum absolute atomic E-state index is 0.884. The van der Waals surface area contributed by atoms with E-state index in [1.54, 1.807) is 0 Å². The van der Waals surface area contributed by atoms with Gasteiger partial charge in [-0.1, -0.05) is 130 Å². The first-order chi connectivity index (χ1) is 16.3. The number of hydrogen-bond acceptors (Lipinski definition) is 1. The SMILES string of the molecule is CC.CCc1cccc(-c2ccccc2-c2cc(-c3ccccc3)c(-c3ccccc3)o2)c1. The molecule has 0 atom stereocenters. The van der Waals surface area contributed by atoms with E-state index in [0.29, 0.717) is 0 Å². The highest BCUT2D eigenvalue weighted by molar-refractivity contribution is 5.88. The van der Waals surface area contributed by atoms with Crippen molar-refractivity contribution in [3.8, 4) is 44.9 Å². The zero-order valence-corrected chi connectivity index (χ0v) is 19.6. The number of benzene rings is 4. The average Bonchev–Trinajstić information content (AvgIpc) is 3.36. The Balaban J connectivity index is 0.00000126. The van der Waals surface area contributed by atoms with Gasteiger partial charge in [0.2, 0.25) is 0 Å². The molecule has 0 saturated carbocycles. The predicted molar refractivity (Wildman–Crippen MR) is 141 cm³/mol. The highest BCUT2D eigenvalue weighted by Crippen LogP contribution is 2.41. The summed E-state index contributed by atoms with van der Waals surface area (Å²) in [5.74, 6) is 1.79. The van der Waals surface area contributed by atoms with Crippen LogP contribution in [0, 0.1) is 0 Å². The third-order valence-electron chi connectivity index (χ3n) is 5.69. The molecule has 0 aliphatic heterocycles. The van der Waals surface area contributed by atoms with Crippen molar-refractivity contribution < 1.29 is 4.42 Å². The molecule has 0 amide bonds. The summed E-state index contributed by atoms with van der Waals surface area (Å²) in [4.78, 5) is 0. The van der Waals surface area contributed by atoms with Crippen LogP contribution in [0.1, 0.15) is 26.3 Å². The van der Waals surface area contributed by atoms with E-state index in [0.717, 1.165) is 40.2 Å². The molecule has 4 aromatic carbocycles. The second-order valence-electron chi connectivity index (χ2n) is 7.69. The summed E-state index contributed by atoms with van der Waals surface area (Å²) in [6.07, 6.45) is 1.02. The van der Waals surface area contributed by atoms with E-state index in [9.17, 15) is 0 Å². The Kier molecular flexibility index (Phi) is 7.22. The third-order valence-corrected chi connectivity index (χ3v) is 5.69. The van der Waals surface area contributed by atoms with E-state index >= 15 is 0 Å². The molecular weight excluding hydrogens is 400 g/mol. The Bertz CT molecular complexity index is 1240. The zero-order chi connectivity index (χ0) is 23.0. The van der Waals surface area contributed by atoms with Crippen LogP contribution in [0.25, 0.3) is 44.9 Å². The molecule has 0 aliphatic rings. The van der Waals surface area contributed by atoms with Crippen LogP contribution in [0.3, 0.4) is 0 Å². The fourth-order valence-corrected chi connectivity index (χ4v) is 4.07. The maximum absolute atomic E-state index is 6.56. The highest BCUT2D eigenvalue weighted by atomic mass is 16.3. The summed E-state index contributed by atoms with van der Waals surface area (Å²) in [5.41, 5.74) is 8.19. The maximum Gasteiger partial charge on any atom is 0.142 e. The first-order valence-electron chi connectivity index (χ1n) is 11.8. The summed E-state index contributed by atoms with van der Waals surface area (Å²) >= 11 is 0. The van der Waals surface area contributed by atoms with E-state index in [-0.39, 0.29) is 0 Å². The van der Waals surface area contributed by atoms with Gasteiger partial charge in [0.15, 0.2) is 0 Å². The Labute approximate surface area is 197 Å². The van der Waals surface area contributed by atoms with Gasteiger partial charge in [-0.15, -0.1) is 0 Å². The topological polar surface area (TPSA) is 13.1 Å². The minimum Gasteiger partial charge on any atom is -0.455 e. The van der Waals surface area contributed by atoms with Crippen LogP contribution in [0.4, 0.5) is 0 Å². The summed E-state index contributed by atoms with van der Waals surface area (Å²) in [7, 11) is 0. The second kappa shape index (κ2) is 10.7. The molecule has 0 aliphatic carbocycles. The summed E-state index contributed by atoms with van der Waals surface area (Å²) < 4.78 is 6.56. The fourth-order valence-electron chi connectivity index (χ4n) is 4.07. The minimum atomic E-state index is 0.884. The van der Waals surface area contributed by atoms with Gasteiger partial charge in [-0.3, -0.25) is 0 Å². The Morgan fingerprint density at radius 3 is 1.76 bits per heavy atom. The van der Waals surface area contributed by atoms with Gasteiger partial charge in [-0.25, -0.2) is 0 Å². The van der Waals surface area contributed by atoms with Crippen LogP contribution in [-0.2, 0) is 6.42 Å². The lowest BCUT2D eigenvalue weighted by atomic mass is 9.95. The van der Waals surface area contributed by atoms with Gasteiger partial charge in [0.25, 0.3) is 0 Å². The Morgan fingerprint density at radius 2 is 1.09 bits per heavy atom. The highest BCUT2D eigenvalue weighted by Gasteiger charge is 2.18. The standard InChI is InChI=1S/C30H24O.C2H6/c1-2-22-12-11-17-25(20-22)26-18-9-10-19-27(26)29-21-28(23-13-5-3-6-14-23)30(31-29)24-15-7-4-8-16-24;1-2/h3-21H,2H2,1H3;1-2H3. The lowest BCUT2D eigenvalue weighted by molar-refractivity contribution is 0.598. The summed E-state index contributed by atoms with van der Waals surface area (Å²) in [6, 6.07) is 40.3. The molecule has 0 radical (unpaired) electrons. The van der Waals surface area contributed by atoms with Crippen LogP contribution in [0.2, 0.25) is 0 Å². The normalized spacial score (nSPS) is 10.4. The van der Waals surface area contributed by atoms with Crippen LogP contribution >= 0.6 is 0 Å². The molecule has 33 heavy (non-hydrogen) atoms. The van der Waals surface area contributed by atoms with Crippen molar-refractivity contribution in [2.24, 2.45) is 0 Å². The van der Waals surface area contributed by atoms with Crippen molar-refractivity contribution in [1.29, 1.82) is 0 Å². The number of hydrogen-bond donors (Lipinski definition) is 0. The molecule has 0 N–H and O–H groups in total. The molecule has 0 fully saturated rings. The van der Waals surface area contributed by atoms with Crippen molar-refractivity contribution in [1.82, 2.24) is 0 Å². The largest absolute Gasteiger partial charge is 0.455 e. The number of rotatable bonds is 5. The average molecular weight is 431 g/mol. The molecule has 0 bridgehead atoms. The Morgan fingerprint density at radius 1 is 0.515 bits per heavy atom. The Hall–Kier alpha value is -3.84. The van der Waals surface area contributed by atoms with Gasteiger partial charge in [0.1, 0.15) is 11.5 Å². The zero-order valence-electron chi connectivity index (χ0n) is 19.6. The summed E-state index contributed by atoms with van der Waals surface area (Å²) in [5, 5.41) is 0. The maximum atomic E-state index is 6.56. The molecule has 5 rings (SSSR count). The lowest BCUT2D eigenvalue weighted by Crippen LogP contribution is -1.86. The van der Waals surface area contributed by atoms with E-state index in [2.05, 4.69) is 110 Å². The number of furan rings is 1. The molecule has 1 heterocycles. The monoisotopic (exact) mass is 430 g/mol. The molecule has 1 heteroatoms. The van der Waals surface area contributed by atoms with E-state index in [1.165, 1.54) is 16.7 Å². The molecule has 0 saturated heterocycles. The van der Waals surface area contributed by atoms with Crippen molar-refractivity contribution in [3.05, 3.63) is 121 Å². The smallest absolute Gasteiger partial charge is 0.142 e. The van der Waals surface area contributed by atoms with Gasteiger partial charge >= 0.3 is 0 Å². The van der Waals surface area contributed by atoms with E-state index < -0.39 is 0 Å². The van der Waals surface area contributed by atoms with Gasteiger partial charge in [-0.2, -0.15) is 0 Å². The van der Waals surface area contributed by atoms with Crippen molar-refractivity contribution in [3.63, 3.8) is 0 Å². The van der Waals surface area contributed by atoms with Crippen LogP contribution in [0.5, 0.6) is 0 Å². The van der Waals surface area contributed by atoms with Gasteiger partial charge in [0, 0.05) is 16.7 Å². The second-order valence-corrected chi connectivity index (χ2v) is 7.69. The molecule has 0 spiro atoms. The number of aryl methyl sites for hydroxylation is 1.